The van der Waals surface area contributed by atoms with Gasteiger partial charge >= 0.3 is 24.8 Å². The molecule has 0 saturated heterocycles. The van der Waals surface area contributed by atoms with Crippen molar-refractivity contribution in [3.63, 3.8) is 0 Å². The van der Waals surface area contributed by atoms with Crippen molar-refractivity contribution in [3.8, 4) is 0 Å². The van der Waals surface area contributed by atoms with E-state index < -0.39 is 18.4 Å². The first-order chi connectivity index (χ1) is 6.16. The van der Waals surface area contributed by atoms with Crippen LogP contribution in [0.2, 0.25) is 0 Å². The Kier molecular flexibility index (Phi) is 12.1. The summed E-state index contributed by atoms with van der Waals surface area (Å²) in [6.07, 6.45) is 3.39. The summed E-state index contributed by atoms with van der Waals surface area (Å²) in [5, 5.41) is 9.93. The van der Waals surface area contributed by atoms with Gasteiger partial charge in [-0.3, -0.25) is 4.79 Å². The Morgan fingerprint density at radius 3 is 2.36 bits per heavy atom. The third kappa shape index (κ3) is 11.5. The standard InChI is InChI=1S/C9H16O4.Li/c1-2-3-4-5-6-13-9(12)7-8(10)11;/h2-7H2,1H3,(H,10,11);/q;+1/p-1. The van der Waals surface area contributed by atoms with Crippen molar-refractivity contribution in [2.24, 2.45) is 0 Å². The molecule has 4 nitrogen and oxygen atoms in total. The van der Waals surface area contributed by atoms with Gasteiger partial charge < -0.3 is 14.6 Å². The van der Waals surface area contributed by atoms with Crippen LogP contribution in [0.1, 0.15) is 39.0 Å². The van der Waals surface area contributed by atoms with Gasteiger partial charge in [0.25, 0.3) is 0 Å². The molecule has 0 rings (SSSR count). The molecule has 0 aromatic carbocycles. The summed E-state index contributed by atoms with van der Waals surface area (Å²) in [4.78, 5) is 20.6. The van der Waals surface area contributed by atoms with Crippen LogP contribution in [0, 0.1) is 0 Å². The molecule has 0 aliphatic carbocycles. The van der Waals surface area contributed by atoms with Gasteiger partial charge in [-0.05, 0) is 6.42 Å². The molecule has 0 aliphatic rings. The minimum Gasteiger partial charge on any atom is -0.550 e. The monoisotopic (exact) mass is 194 g/mol. The Morgan fingerprint density at radius 1 is 1.21 bits per heavy atom. The number of hydrogen-bond acceptors (Lipinski definition) is 4. The number of ether oxygens (including phenoxy) is 1. The molecule has 0 heterocycles. The maximum atomic E-state index is 10.6. The predicted octanol–water partition coefficient (Wildman–Crippen LogP) is -2.75. The van der Waals surface area contributed by atoms with Gasteiger partial charge in [0.05, 0.1) is 19.0 Å². The number of carboxylic acids is 1. The van der Waals surface area contributed by atoms with Gasteiger partial charge in [-0.1, -0.05) is 26.2 Å². The number of carboxylic acid groups (broad SMARTS) is 1. The molecule has 0 saturated carbocycles. The first-order valence-electron chi connectivity index (χ1n) is 4.52. The third-order valence-corrected chi connectivity index (χ3v) is 1.55. The molecule has 0 aromatic heterocycles. The van der Waals surface area contributed by atoms with Crippen LogP contribution in [0.3, 0.4) is 0 Å². The van der Waals surface area contributed by atoms with Crippen molar-refractivity contribution in [1.82, 2.24) is 0 Å². The molecule has 0 fully saturated rings. The molecule has 0 unspecified atom stereocenters. The molecule has 0 N–H and O–H groups in total. The molecule has 0 bridgehead atoms. The van der Waals surface area contributed by atoms with E-state index in [1.807, 2.05) is 0 Å². The molecule has 0 aromatic rings. The van der Waals surface area contributed by atoms with Crippen molar-refractivity contribution in [2.45, 2.75) is 39.0 Å². The molecule has 0 amide bonds. The largest absolute Gasteiger partial charge is 1.00 e. The molecule has 76 valence electrons. The van der Waals surface area contributed by atoms with E-state index in [9.17, 15) is 14.7 Å². The topological polar surface area (TPSA) is 66.4 Å². The molecule has 14 heavy (non-hydrogen) atoms. The van der Waals surface area contributed by atoms with Crippen LogP contribution in [0.5, 0.6) is 0 Å². The summed E-state index contributed by atoms with van der Waals surface area (Å²) < 4.78 is 4.64. The van der Waals surface area contributed by atoms with Crippen LogP contribution in [0.4, 0.5) is 0 Å². The smallest absolute Gasteiger partial charge is 0.550 e. The van der Waals surface area contributed by atoms with Crippen LogP contribution in [0.15, 0.2) is 0 Å². The molecule has 5 heteroatoms. The average molecular weight is 194 g/mol. The van der Waals surface area contributed by atoms with Crippen LogP contribution < -0.4 is 24.0 Å². The minimum atomic E-state index is -1.39. The van der Waals surface area contributed by atoms with E-state index in [0.29, 0.717) is 6.61 Å². The molecule has 0 spiro atoms. The Labute approximate surface area is 96.2 Å². The number of carbonyl (C=O) groups is 2. The maximum Gasteiger partial charge on any atom is 1.00 e. The van der Waals surface area contributed by atoms with E-state index in [1.165, 1.54) is 0 Å². The van der Waals surface area contributed by atoms with E-state index in [2.05, 4.69) is 11.7 Å². The van der Waals surface area contributed by atoms with E-state index in [-0.39, 0.29) is 18.9 Å². The summed E-state index contributed by atoms with van der Waals surface area (Å²) in [5.74, 6) is -2.10. The average Bonchev–Trinajstić information content (AvgIpc) is 2.02. The van der Waals surface area contributed by atoms with Crippen LogP contribution in [0.25, 0.3) is 0 Å². The second-order valence-electron chi connectivity index (χ2n) is 2.83. The van der Waals surface area contributed by atoms with Crippen LogP contribution in [-0.2, 0) is 14.3 Å². The van der Waals surface area contributed by atoms with E-state index in [0.717, 1.165) is 25.7 Å². The maximum absolute atomic E-state index is 10.6. The van der Waals surface area contributed by atoms with Gasteiger partial charge in [0.2, 0.25) is 0 Å². The van der Waals surface area contributed by atoms with Crippen molar-refractivity contribution in [3.05, 3.63) is 0 Å². The van der Waals surface area contributed by atoms with Crippen molar-refractivity contribution < 1.29 is 38.3 Å². The molecule has 0 radical (unpaired) electrons. The summed E-state index contributed by atoms with van der Waals surface area (Å²) in [6.45, 7) is 2.40. The first-order valence-corrected chi connectivity index (χ1v) is 4.52. The van der Waals surface area contributed by atoms with E-state index in [1.54, 1.807) is 0 Å². The zero-order valence-electron chi connectivity index (χ0n) is 8.88. The minimum absolute atomic E-state index is 0. The molecular weight excluding hydrogens is 179 g/mol. The summed E-state index contributed by atoms with van der Waals surface area (Å²) in [6, 6.07) is 0. The summed E-state index contributed by atoms with van der Waals surface area (Å²) in [5.41, 5.74) is 0. The summed E-state index contributed by atoms with van der Waals surface area (Å²) >= 11 is 0. The molecule has 0 aliphatic heterocycles. The van der Waals surface area contributed by atoms with Crippen molar-refractivity contribution in [2.75, 3.05) is 6.61 Å². The van der Waals surface area contributed by atoms with Gasteiger partial charge in [0, 0.05) is 0 Å². The van der Waals surface area contributed by atoms with E-state index in [4.69, 9.17) is 0 Å². The Bertz CT molecular complexity index is 170. The Morgan fingerprint density at radius 2 is 1.86 bits per heavy atom. The number of esters is 1. The van der Waals surface area contributed by atoms with Crippen molar-refractivity contribution in [1.29, 1.82) is 0 Å². The molecule has 0 atom stereocenters. The summed E-state index contributed by atoms with van der Waals surface area (Å²) in [7, 11) is 0. The molecular formula is C9H15LiO4. The second-order valence-corrected chi connectivity index (χ2v) is 2.83. The Balaban J connectivity index is 0. The van der Waals surface area contributed by atoms with Crippen LogP contribution >= 0.6 is 0 Å². The zero-order valence-corrected chi connectivity index (χ0v) is 8.88. The van der Waals surface area contributed by atoms with Gasteiger partial charge in [0.1, 0.15) is 0 Å². The number of rotatable bonds is 7. The number of unbranched alkanes of at least 4 members (excludes halogenated alkanes) is 3. The fourth-order valence-electron chi connectivity index (χ4n) is 0.884. The normalized spacial score (nSPS) is 8.93. The van der Waals surface area contributed by atoms with Gasteiger partial charge in [-0.25, -0.2) is 0 Å². The third-order valence-electron chi connectivity index (χ3n) is 1.55. The quantitative estimate of drug-likeness (QED) is 0.191. The van der Waals surface area contributed by atoms with E-state index >= 15 is 0 Å². The predicted molar refractivity (Wildman–Crippen MR) is 44.7 cm³/mol. The van der Waals surface area contributed by atoms with Gasteiger partial charge in [0.15, 0.2) is 0 Å². The number of aliphatic carboxylic acids is 1. The van der Waals surface area contributed by atoms with Crippen LogP contribution in [-0.4, -0.2) is 18.5 Å². The fraction of sp³-hybridized carbons (Fsp3) is 0.778. The second kappa shape index (κ2) is 10.6. The van der Waals surface area contributed by atoms with Crippen molar-refractivity contribution >= 4 is 11.9 Å². The fourth-order valence-corrected chi connectivity index (χ4v) is 0.884. The number of hydrogen-bond donors (Lipinski definition) is 0. The first kappa shape index (κ1) is 16.0. The Hall–Kier alpha value is -0.463. The zero-order chi connectivity index (χ0) is 10.1. The number of carbonyl (C=O) groups excluding carboxylic acids is 2. The van der Waals surface area contributed by atoms with Gasteiger partial charge in [-0.15, -0.1) is 0 Å². The van der Waals surface area contributed by atoms with Gasteiger partial charge in [-0.2, -0.15) is 0 Å². The SMILES string of the molecule is CCCCCCOC(=O)CC(=O)[O-].[Li+].